The van der Waals surface area contributed by atoms with Gasteiger partial charge in [-0.3, -0.25) is 0 Å². The molecule has 0 aliphatic rings. The lowest BCUT2D eigenvalue weighted by atomic mass is 10.2. The van der Waals surface area contributed by atoms with Crippen molar-refractivity contribution in [1.29, 1.82) is 0 Å². The molecule has 0 unspecified atom stereocenters. The van der Waals surface area contributed by atoms with Crippen LogP contribution in [0.2, 0.25) is 5.02 Å². The predicted molar refractivity (Wildman–Crippen MR) is 54.2 cm³/mol. The van der Waals surface area contributed by atoms with E-state index in [1.54, 1.807) is 0 Å². The van der Waals surface area contributed by atoms with Crippen molar-refractivity contribution in [3.05, 3.63) is 22.7 Å². The van der Waals surface area contributed by atoms with Gasteiger partial charge in [0.1, 0.15) is 4.90 Å². The molecule has 1 aromatic carbocycles. The van der Waals surface area contributed by atoms with Gasteiger partial charge < -0.3 is 10.8 Å². The summed E-state index contributed by atoms with van der Waals surface area (Å²) >= 11 is 5.03. The van der Waals surface area contributed by atoms with Gasteiger partial charge in [-0.2, -0.15) is 0 Å². The summed E-state index contributed by atoms with van der Waals surface area (Å²) in [5, 5.41) is 6.93. The number of hydrogen-bond donors (Lipinski definition) is 2. The topological polar surface area (TPSA) is 63.3 Å². The Morgan fingerprint density at radius 2 is 1.71 bits per heavy atom. The zero-order chi connectivity index (χ0) is 13.7. The molecular formula is C7H5ClF5NO2S. The number of nitrogens with two attached hydrogens (primary N) is 1. The Morgan fingerprint density at radius 1 is 1.24 bits per heavy atom. The number of carboxylic acids is 1. The Morgan fingerprint density at radius 3 is 2.06 bits per heavy atom. The van der Waals surface area contributed by atoms with Crippen LogP contribution in [-0.4, -0.2) is 11.1 Å². The Bertz CT molecular complexity index is 514. The summed E-state index contributed by atoms with van der Waals surface area (Å²) in [6, 6.07) is 0.480. The van der Waals surface area contributed by atoms with Crippen LogP contribution in [0.5, 0.6) is 0 Å². The van der Waals surface area contributed by atoms with E-state index in [4.69, 9.17) is 22.4 Å². The fourth-order valence-electron chi connectivity index (χ4n) is 1.06. The van der Waals surface area contributed by atoms with Crippen LogP contribution in [0.25, 0.3) is 0 Å². The van der Waals surface area contributed by atoms with Crippen LogP contribution in [0, 0.1) is 0 Å². The summed E-state index contributed by atoms with van der Waals surface area (Å²) in [6.07, 6.45) is 0. The molecule has 3 N–H and O–H groups in total. The first kappa shape index (κ1) is 13.8. The summed E-state index contributed by atoms with van der Waals surface area (Å²) in [6.45, 7) is 0. The first-order chi connectivity index (χ1) is 7.22. The van der Waals surface area contributed by atoms with Gasteiger partial charge in [0, 0.05) is 5.69 Å². The molecule has 0 spiro atoms. The zero-order valence-electron chi connectivity index (χ0n) is 7.76. The van der Waals surface area contributed by atoms with E-state index in [9.17, 15) is 24.2 Å². The van der Waals surface area contributed by atoms with Gasteiger partial charge in [0.25, 0.3) is 0 Å². The summed E-state index contributed by atoms with van der Waals surface area (Å²) < 4.78 is 62.5. The molecule has 0 heterocycles. The van der Waals surface area contributed by atoms with Crippen LogP contribution in [0.1, 0.15) is 10.4 Å². The standard InChI is InChI=1S/C7H5ClF5NO2S/c8-6-4(7(15)16)1-3(14)2-5(6)17(9,10,11,12)13/h1-2H,14H2,(H,15,16). The molecule has 17 heavy (non-hydrogen) atoms. The highest BCUT2D eigenvalue weighted by Crippen LogP contribution is 3.02. The van der Waals surface area contributed by atoms with Crippen molar-refractivity contribution in [2.24, 2.45) is 0 Å². The van der Waals surface area contributed by atoms with Crippen molar-refractivity contribution in [1.82, 2.24) is 0 Å². The van der Waals surface area contributed by atoms with E-state index >= 15 is 0 Å². The molecule has 0 saturated carbocycles. The Labute approximate surface area is 96.7 Å². The molecule has 98 valence electrons. The third-order valence-corrected chi connectivity index (χ3v) is 3.38. The van der Waals surface area contributed by atoms with E-state index in [-0.39, 0.29) is 6.07 Å². The molecule has 0 aliphatic heterocycles. The number of halogens is 6. The highest BCUT2D eigenvalue weighted by molar-refractivity contribution is 8.45. The molecule has 3 nitrogen and oxygen atoms in total. The number of benzene rings is 1. The van der Waals surface area contributed by atoms with E-state index in [0.717, 1.165) is 0 Å². The average molecular weight is 298 g/mol. The lowest BCUT2D eigenvalue weighted by Crippen LogP contribution is -2.11. The maximum atomic E-state index is 12.5. The van der Waals surface area contributed by atoms with Gasteiger partial charge in [0.2, 0.25) is 0 Å². The van der Waals surface area contributed by atoms with Crippen LogP contribution < -0.4 is 5.73 Å². The first-order valence-electron chi connectivity index (χ1n) is 3.79. The van der Waals surface area contributed by atoms with Crippen molar-refractivity contribution >= 4 is 33.5 Å². The Hall–Kier alpha value is -1.22. The van der Waals surface area contributed by atoms with E-state index in [1.807, 2.05) is 0 Å². The number of carboxylic acid groups (broad SMARTS) is 1. The quantitative estimate of drug-likeness (QED) is 0.632. The molecular weight excluding hydrogens is 293 g/mol. The van der Waals surface area contributed by atoms with E-state index in [0.29, 0.717) is 6.07 Å². The second-order valence-electron chi connectivity index (χ2n) is 3.15. The molecule has 0 fully saturated rings. The molecule has 1 rings (SSSR count). The number of carbonyl (C=O) groups is 1. The minimum atomic E-state index is -10.1. The second kappa shape index (κ2) is 2.96. The molecule has 0 saturated heterocycles. The summed E-state index contributed by atoms with van der Waals surface area (Å²) in [5.41, 5.74) is 3.05. The average Bonchev–Trinajstić information content (AvgIpc) is 2.03. The number of nitrogen functional groups attached to an aromatic ring is 1. The van der Waals surface area contributed by atoms with Gasteiger partial charge in [0.15, 0.2) is 0 Å². The lowest BCUT2D eigenvalue weighted by molar-refractivity contribution is 0.0697. The number of aromatic carboxylic acids is 1. The van der Waals surface area contributed by atoms with Crippen LogP contribution >= 0.6 is 21.8 Å². The summed E-state index contributed by atoms with van der Waals surface area (Å²) in [4.78, 5) is 8.03. The molecule has 0 amide bonds. The number of hydrogen-bond acceptors (Lipinski definition) is 2. The molecule has 0 aliphatic carbocycles. The fourth-order valence-corrected chi connectivity index (χ4v) is 2.49. The highest BCUT2D eigenvalue weighted by atomic mass is 35.5. The Balaban J connectivity index is 3.76. The van der Waals surface area contributed by atoms with Crippen LogP contribution in [0.4, 0.5) is 25.1 Å². The van der Waals surface area contributed by atoms with Crippen molar-refractivity contribution in [3.8, 4) is 0 Å². The molecule has 10 heteroatoms. The normalized spacial score (nSPS) is 16.1. The maximum Gasteiger partial charge on any atom is 0.337 e. The largest absolute Gasteiger partial charge is 0.478 e. The second-order valence-corrected chi connectivity index (χ2v) is 5.91. The fraction of sp³-hybridized carbons (Fsp3) is 0. The number of anilines is 1. The van der Waals surface area contributed by atoms with E-state index < -0.39 is 37.4 Å². The summed E-state index contributed by atoms with van der Waals surface area (Å²) in [7, 11) is -10.1. The van der Waals surface area contributed by atoms with Crippen LogP contribution in [0.3, 0.4) is 0 Å². The van der Waals surface area contributed by atoms with Gasteiger partial charge in [-0.05, 0) is 12.1 Å². The lowest BCUT2D eigenvalue weighted by Gasteiger charge is -2.41. The predicted octanol–water partition coefficient (Wildman–Crippen LogP) is 4.28. The highest BCUT2D eigenvalue weighted by Gasteiger charge is 2.67. The maximum absolute atomic E-state index is 12.5. The van der Waals surface area contributed by atoms with Crippen molar-refractivity contribution in [3.63, 3.8) is 0 Å². The van der Waals surface area contributed by atoms with Crippen molar-refractivity contribution in [2.75, 3.05) is 5.73 Å². The van der Waals surface area contributed by atoms with Gasteiger partial charge in [-0.25, -0.2) is 4.79 Å². The monoisotopic (exact) mass is 297 g/mol. The Kier molecular flexibility index (Phi) is 2.41. The van der Waals surface area contributed by atoms with E-state index in [1.165, 1.54) is 0 Å². The molecule has 0 bridgehead atoms. The molecule has 1 aromatic rings. The minimum Gasteiger partial charge on any atom is -0.478 e. The molecule has 0 atom stereocenters. The number of rotatable bonds is 2. The molecule has 0 aromatic heterocycles. The summed E-state index contributed by atoms with van der Waals surface area (Å²) in [5.74, 6) is -1.88. The SMILES string of the molecule is Nc1cc(C(=O)O)c(Cl)c(S(F)(F)(F)(F)F)c1. The van der Waals surface area contributed by atoms with Crippen LogP contribution in [-0.2, 0) is 0 Å². The molecule has 0 radical (unpaired) electrons. The van der Waals surface area contributed by atoms with Crippen molar-refractivity contribution in [2.45, 2.75) is 4.90 Å². The van der Waals surface area contributed by atoms with Gasteiger partial charge in [-0.1, -0.05) is 31.0 Å². The smallest absolute Gasteiger partial charge is 0.337 e. The van der Waals surface area contributed by atoms with Gasteiger partial charge in [-0.15, -0.1) is 0 Å². The third-order valence-electron chi connectivity index (χ3n) is 1.71. The minimum absolute atomic E-state index is 0.0870. The zero-order valence-corrected chi connectivity index (χ0v) is 9.34. The van der Waals surface area contributed by atoms with Crippen LogP contribution in [0.15, 0.2) is 17.0 Å². The third kappa shape index (κ3) is 2.91. The van der Waals surface area contributed by atoms with Crippen molar-refractivity contribution < 1.29 is 29.3 Å². The first-order valence-corrected chi connectivity index (χ1v) is 6.11. The van der Waals surface area contributed by atoms with Gasteiger partial charge in [0.05, 0.1) is 10.6 Å². The van der Waals surface area contributed by atoms with Gasteiger partial charge >= 0.3 is 16.2 Å². The van der Waals surface area contributed by atoms with E-state index in [2.05, 4.69) is 0 Å².